The van der Waals surface area contributed by atoms with E-state index in [2.05, 4.69) is 33.2 Å². The van der Waals surface area contributed by atoms with Gasteiger partial charge >= 0.3 is 0 Å². The van der Waals surface area contributed by atoms with Crippen LogP contribution in [0.25, 0.3) is 21.5 Å². The van der Waals surface area contributed by atoms with Gasteiger partial charge in [0.05, 0.1) is 28.3 Å². The van der Waals surface area contributed by atoms with E-state index in [4.69, 9.17) is 16.6 Å². The molecular weight excluding hydrogens is 548 g/mol. The predicted octanol–water partition coefficient (Wildman–Crippen LogP) is 5.48. The first kappa shape index (κ1) is 27.4. The van der Waals surface area contributed by atoms with Gasteiger partial charge in [-0.2, -0.15) is 10.2 Å². The average molecular weight is 575 g/mol. The monoisotopic (exact) mass is 574 g/mol. The highest BCUT2D eigenvalue weighted by molar-refractivity contribution is 7.17. The van der Waals surface area contributed by atoms with Crippen molar-refractivity contribution in [2.45, 2.75) is 25.3 Å². The van der Waals surface area contributed by atoms with Gasteiger partial charge in [-0.15, -0.1) is 11.3 Å². The molecule has 1 spiro atoms. The minimum Gasteiger partial charge on any atom is -0.339 e. The molecule has 1 saturated heterocycles. The molecule has 6 rings (SSSR count). The molecule has 2 amide bonds. The van der Waals surface area contributed by atoms with Crippen molar-refractivity contribution in [3.8, 4) is 10.4 Å². The van der Waals surface area contributed by atoms with Gasteiger partial charge in [-0.1, -0.05) is 25.3 Å². The van der Waals surface area contributed by atoms with Crippen LogP contribution in [0.3, 0.4) is 0 Å². The molecule has 0 radical (unpaired) electrons. The summed E-state index contributed by atoms with van der Waals surface area (Å²) in [6.45, 7) is 8.24. The summed E-state index contributed by atoms with van der Waals surface area (Å²) in [5.41, 5.74) is 2.93. The van der Waals surface area contributed by atoms with Crippen LogP contribution in [0.15, 0.2) is 80.2 Å². The molecule has 1 aliphatic carbocycles. The van der Waals surface area contributed by atoms with Crippen LogP contribution in [0.4, 0.5) is 5.95 Å². The third kappa shape index (κ3) is 5.59. The second-order valence-electron chi connectivity index (χ2n) is 9.83. The molecule has 0 atom stereocenters. The summed E-state index contributed by atoms with van der Waals surface area (Å²) < 4.78 is 2.16. The Morgan fingerprint density at radius 2 is 1.85 bits per heavy atom. The Morgan fingerprint density at radius 3 is 2.55 bits per heavy atom. The zero-order chi connectivity index (χ0) is 28.3. The van der Waals surface area contributed by atoms with Crippen molar-refractivity contribution in [2.24, 2.45) is 5.41 Å². The lowest BCUT2D eigenvalue weighted by atomic mass is 9.65. The summed E-state index contributed by atoms with van der Waals surface area (Å²) in [4.78, 5) is 42.9. The number of imidazole rings is 1. The first-order chi connectivity index (χ1) is 19.3. The minimum absolute atomic E-state index is 0.00391. The number of hydrogen-bond donors (Lipinski definition) is 1. The number of thiophene rings is 1. The topological polar surface area (TPSA) is 110 Å². The van der Waals surface area contributed by atoms with E-state index in [9.17, 15) is 14.4 Å². The van der Waals surface area contributed by atoms with Crippen LogP contribution in [-0.4, -0.2) is 54.8 Å². The molecule has 204 valence electrons. The first-order valence-corrected chi connectivity index (χ1v) is 13.9. The molecule has 40 heavy (non-hydrogen) atoms. The lowest BCUT2D eigenvalue weighted by Crippen LogP contribution is -2.42. The van der Waals surface area contributed by atoms with Crippen molar-refractivity contribution in [3.63, 3.8) is 0 Å². The van der Waals surface area contributed by atoms with Gasteiger partial charge < -0.3 is 9.47 Å². The average Bonchev–Trinajstić information content (AvgIpc) is 3.70. The van der Waals surface area contributed by atoms with Gasteiger partial charge in [0, 0.05) is 29.6 Å². The zero-order valence-electron chi connectivity index (χ0n) is 21.6. The molecule has 4 heterocycles. The Kier molecular flexibility index (Phi) is 7.90. The maximum absolute atomic E-state index is 13.2. The van der Waals surface area contributed by atoms with Crippen molar-refractivity contribution in [1.29, 1.82) is 0 Å². The quantitative estimate of drug-likeness (QED) is 0.241. The van der Waals surface area contributed by atoms with Gasteiger partial charge in [0.2, 0.25) is 17.1 Å². The van der Waals surface area contributed by atoms with E-state index in [1.54, 1.807) is 12.4 Å². The summed E-state index contributed by atoms with van der Waals surface area (Å²) in [6, 6.07) is 13.8. The number of hydrogen-bond acceptors (Lipinski definition) is 7. The molecule has 4 aromatic rings. The van der Waals surface area contributed by atoms with Crippen molar-refractivity contribution < 1.29 is 14.4 Å². The van der Waals surface area contributed by atoms with E-state index in [-0.39, 0.29) is 23.3 Å². The highest BCUT2D eigenvalue weighted by atomic mass is 35.5. The van der Waals surface area contributed by atoms with Crippen LogP contribution < -0.4 is 5.32 Å². The fourth-order valence-corrected chi connectivity index (χ4v) is 6.32. The largest absolute Gasteiger partial charge is 0.339 e. The molecule has 11 heteroatoms. The molecule has 9 nitrogen and oxygen atoms in total. The number of likely N-dealkylation sites (tertiary alicyclic amines) is 1. The van der Waals surface area contributed by atoms with E-state index >= 15 is 0 Å². The Bertz CT molecular complexity index is 1590. The summed E-state index contributed by atoms with van der Waals surface area (Å²) in [5.74, 6) is 0.385. The number of aromatic nitrogens is 4. The standard InChI is InChI=1S/C26H24N6O2S.C3H3ClO/c1-2-23(33)31-12-10-26(16-31)13-18(14-26)32-20-6-4-3-5-19(20)29-25(32)30-24(34)22-8-7-21(35-22)17-9-11-27-28-15-17;1-2-3(4)5/h2-9,11,15,18H,1,10,12-14,16H2,(H,29,30,34);2H,1H2. The molecule has 3 aromatic heterocycles. The van der Waals surface area contributed by atoms with Crippen molar-refractivity contribution in [2.75, 3.05) is 18.4 Å². The van der Waals surface area contributed by atoms with Crippen LogP contribution in [0.2, 0.25) is 0 Å². The number of para-hydroxylation sites is 2. The lowest BCUT2D eigenvalue weighted by molar-refractivity contribution is -0.125. The number of rotatable bonds is 6. The number of amides is 2. The highest BCUT2D eigenvalue weighted by Crippen LogP contribution is 2.55. The van der Waals surface area contributed by atoms with E-state index < -0.39 is 5.24 Å². The molecule has 0 unspecified atom stereocenters. The van der Waals surface area contributed by atoms with Crippen LogP contribution in [-0.2, 0) is 9.59 Å². The van der Waals surface area contributed by atoms with Crippen LogP contribution in [0, 0.1) is 5.41 Å². The maximum atomic E-state index is 13.2. The molecule has 0 bridgehead atoms. The number of fused-ring (bicyclic) bond motifs is 1. The smallest absolute Gasteiger partial charge is 0.268 e. The summed E-state index contributed by atoms with van der Waals surface area (Å²) in [6.07, 6.45) is 8.67. The van der Waals surface area contributed by atoms with Crippen LogP contribution in [0.1, 0.15) is 35.0 Å². The number of carbonyl (C=O) groups excluding carboxylic acids is 3. The third-order valence-corrected chi connectivity index (χ3v) is 8.59. The summed E-state index contributed by atoms with van der Waals surface area (Å²) >= 11 is 6.12. The summed E-state index contributed by atoms with van der Waals surface area (Å²) in [7, 11) is 0. The lowest BCUT2D eigenvalue weighted by Gasteiger charge is -2.46. The second-order valence-corrected chi connectivity index (χ2v) is 11.3. The van der Waals surface area contributed by atoms with E-state index in [0.717, 1.165) is 59.9 Å². The van der Waals surface area contributed by atoms with Crippen molar-refractivity contribution in [1.82, 2.24) is 24.6 Å². The number of nitrogens with zero attached hydrogens (tertiary/aromatic N) is 5. The molecule has 1 aliphatic heterocycles. The molecule has 2 fully saturated rings. The first-order valence-electron chi connectivity index (χ1n) is 12.7. The number of halogens is 1. The second kappa shape index (κ2) is 11.5. The minimum atomic E-state index is -0.509. The Morgan fingerprint density at radius 1 is 1.07 bits per heavy atom. The normalized spacial score (nSPS) is 19.4. The molecule has 1 aromatic carbocycles. The SMILES string of the molecule is C=CC(=O)Cl.C=CC(=O)N1CCC2(CC(n3c(NC(=O)c4ccc(-c5ccnnc5)s4)nc4ccccc43)C2)C1. The van der Waals surface area contributed by atoms with E-state index in [1.807, 2.05) is 47.4 Å². The number of carbonyl (C=O) groups is 3. The predicted molar refractivity (Wildman–Crippen MR) is 156 cm³/mol. The number of allylic oxidation sites excluding steroid dienone is 1. The third-order valence-electron chi connectivity index (χ3n) is 7.31. The number of benzene rings is 1. The molecule has 1 saturated carbocycles. The van der Waals surface area contributed by atoms with Gasteiger partial charge in [0.15, 0.2) is 0 Å². The van der Waals surface area contributed by atoms with Gasteiger partial charge in [-0.25, -0.2) is 4.98 Å². The fourth-order valence-electron chi connectivity index (χ4n) is 5.42. The number of anilines is 1. The molecule has 2 aliphatic rings. The Labute approximate surface area is 240 Å². The van der Waals surface area contributed by atoms with E-state index in [1.165, 1.54) is 17.4 Å². The Hall–Kier alpha value is -4.15. The van der Waals surface area contributed by atoms with Crippen LogP contribution >= 0.6 is 22.9 Å². The van der Waals surface area contributed by atoms with Gasteiger partial charge in [-0.05, 0) is 78.8 Å². The summed E-state index contributed by atoms with van der Waals surface area (Å²) in [5, 5.41) is 10.3. The van der Waals surface area contributed by atoms with E-state index in [0.29, 0.717) is 10.8 Å². The van der Waals surface area contributed by atoms with Gasteiger partial charge in [0.25, 0.3) is 5.91 Å². The van der Waals surface area contributed by atoms with Crippen molar-refractivity contribution in [3.05, 3.63) is 85.0 Å². The molecule has 1 N–H and O–H groups in total. The van der Waals surface area contributed by atoms with Crippen molar-refractivity contribution >= 4 is 57.0 Å². The Balaban J connectivity index is 0.000000595. The zero-order valence-corrected chi connectivity index (χ0v) is 23.2. The highest BCUT2D eigenvalue weighted by Gasteiger charge is 2.50. The fraction of sp³-hybridized carbons (Fsp3) is 0.241. The van der Waals surface area contributed by atoms with Crippen LogP contribution in [0.5, 0.6) is 0 Å². The van der Waals surface area contributed by atoms with Gasteiger partial charge in [0.1, 0.15) is 0 Å². The maximum Gasteiger partial charge on any atom is 0.268 e. The number of nitrogens with one attached hydrogen (secondary N) is 1. The molecular formula is C29H27ClN6O3S. The van der Waals surface area contributed by atoms with Gasteiger partial charge in [-0.3, -0.25) is 19.7 Å².